The zero-order valence-corrected chi connectivity index (χ0v) is 17.4. The first-order valence-electron chi connectivity index (χ1n) is 8.13. The molecule has 0 unspecified atom stereocenters. The number of thiophene rings is 1. The summed E-state index contributed by atoms with van der Waals surface area (Å²) in [5.74, 6) is 0. The molecule has 3 rings (SSSR count). The summed E-state index contributed by atoms with van der Waals surface area (Å²) in [4.78, 5) is 20.0. The molecule has 6 nitrogen and oxygen atoms in total. The van der Waals surface area contributed by atoms with Crippen LogP contribution < -0.4 is 5.32 Å². The third kappa shape index (κ3) is 6.86. The standard InChI is InChI=1S/C13H12BrN3S.C5H10O3/c14-10-5-13(18-8-10)12-7-16-6-11(17-12)9-1-3-15-4-2-9;1-5(2,3)8-4(6)7/h1,5-8,15H,2-4H2;1-3H3,(H,6,7). The highest BCUT2D eigenvalue weighted by Gasteiger charge is 2.14. The highest BCUT2D eigenvalue weighted by molar-refractivity contribution is 9.10. The van der Waals surface area contributed by atoms with Gasteiger partial charge in [0.1, 0.15) is 5.60 Å². The number of ether oxygens (including phenoxy) is 1. The molecule has 1 aliphatic heterocycles. The number of hydrogen-bond donors (Lipinski definition) is 2. The molecule has 1 aliphatic rings. The van der Waals surface area contributed by atoms with Crippen molar-refractivity contribution in [3.63, 3.8) is 0 Å². The first-order valence-corrected chi connectivity index (χ1v) is 9.80. The first-order chi connectivity index (χ1) is 12.2. The Bertz CT molecular complexity index is 784. The minimum absolute atomic E-state index is 0.578. The van der Waals surface area contributed by atoms with Crippen molar-refractivity contribution in [1.82, 2.24) is 15.3 Å². The zero-order valence-electron chi connectivity index (χ0n) is 15.0. The molecule has 140 valence electrons. The van der Waals surface area contributed by atoms with Gasteiger partial charge in [0, 0.05) is 16.4 Å². The van der Waals surface area contributed by atoms with Crippen molar-refractivity contribution in [1.29, 1.82) is 0 Å². The van der Waals surface area contributed by atoms with Gasteiger partial charge >= 0.3 is 6.16 Å². The minimum atomic E-state index is -1.22. The Morgan fingerprint density at radius 1 is 1.35 bits per heavy atom. The molecule has 2 aromatic rings. The normalized spacial score (nSPS) is 14.1. The van der Waals surface area contributed by atoms with E-state index in [1.165, 1.54) is 5.57 Å². The zero-order chi connectivity index (χ0) is 19.2. The van der Waals surface area contributed by atoms with E-state index in [9.17, 15) is 4.79 Å². The van der Waals surface area contributed by atoms with Gasteiger partial charge in [-0.1, -0.05) is 6.08 Å². The molecule has 2 aromatic heterocycles. The van der Waals surface area contributed by atoms with Gasteiger partial charge in [0.15, 0.2) is 0 Å². The van der Waals surface area contributed by atoms with E-state index >= 15 is 0 Å². The summed E-state index contributed by atoms with van der Waals surface area (Å²) in [6.45, 7) is 6.98. The van der Waals surface area contributed by atoms with Crippen LogP contribution in [0.5, 0.6) is 0 Å². The predicted octanol–water partition coefficient (Wildman–Crippen LogP) is 4.82. The Morgan fingerprint density at radius 3 is 2.58 bits per heavy atom. The largest absolute Gasteiger partial charge is 0.506 e. The predicted molar refractivity (Wildman–Crippen MR) is 107 cm³/mol. The summed E-state index contributed by atoms with van der Waals surface area (Å²) >= 11 is 5.14. The van der Waals surface area contributed by atoms with E-state index in [1.807, 2.05) is 12.4 Å². The number of aromatic nitrogens is 2. The fourth-order valence-electron chi connectivity index (χ4n) is 2.20. The number of halogens is 1. The number of carbonyl (C=O) groups is 1. The Kier molecular flexibility index (Phi) is 7.31. The maximum Gasteiger partial charge on any atom is 0.506 e. The van der Waals surface area contributed by atoms with Gasteiger partial charge in [-0.15, -0.1) is 11.3 Å². The molecule has 0 amide bonds. The highest BCUT2D eigenvalue weighted by atomic mass is 79.9. The molecule has 0 aromatic carbocycles. The Labute approximate surface area is 165 Å². The molecular formula is C18H22BrN3O3S. The number of nitrogens with zero attached hydrogens (tertiary/aromatic N) is 2. The molecule has 0 saturated carbocycles. The Morgan fingerprint density at radius 2 is 2.08 bits per heavy atom. The van der Waals surface area contributed by atoms with Crippen molar-refractivity contribution >= 4 is 39.0 Å². The van der Waals surface area contributed by atoms with Crippen LogP contribution in [0.4, 0.5) is 4.79 Å². The molecule has 0 aliphatic carbocycles. The lowest BCUT2D eigenvalue weighted by Crippen LogP contribution is -2.22. The number of rotatable bonds is 2. The third-order valence-electron chi connectivity index (χ3n) is 3.24. The molecule has 0 spiro atoms. The van der Waals surface area contributed by atoms with Gasteiger partial charge in [-0.25, -0.2) is 9.78 Å². The molecule has 0 radical (unpaired) electrons. The number of nitrogens with one attached hydrogen (secondary N) is 1. The topological polar surface area (TPSA) is 84.3 Å². The summed E-state index contributed by atoms with van der Waals surface area (Å²) in [5.41, 5.74) is 2.66. The molecular weight excluding hydrogens is 418 g/mol. The molecule has 0 saturated heterocycles. The molecule has 0 fully saturated rings. The van der Waals surface area contributed by atoms with Crippen LogP contribution in [0.25, 0.3) is 16.1 Å². The van der Waals surface area contributed by atoms with Gasteiger partial charge in [-0.2, -0.15) is 0 Å². The lowest BCUT2D eigenvalue weighted by molar-refractivity contribution is 0.0150. The third-order valence-corrected chi connectivity index (χ3v) is 4.95. The summed E-state index contributed by atoms with van der Waals surface area (Å²) < 4.78 is 5.45. The van der Waals surface area contributed by atoms with Gasteiger partial charge in [-0.05, 0) is 61.3 Å². The fraction of sp³-hybridized carbons (Fsp3) is 0.389. The van der Waals surface area contributed by atoms with Crippen LogP contribution in [0.2, 0.25) is 0 Å². The second-order valence-electron chi connectivity index (χ2n) is 6.58. The Balaban J connectivity index is 0.000000260. The van der Waals surface area contributed by atoms with Crippen molar-refractivity contribution in [3.05, 3.63) is 40.1 Å². The SMILES string of the molecule is Brc1csc(-c2cncc(C3=CCNCC3)n2)c1.CC(C)(C)OC(=O)O. The molecule has 26 heavy (non-hydrogen) atoms. The van der Waals surface area contributed by atoms with Crippen LogP contribution in [0.3, 0.4) is 0 Å². The van der Waals surface area contributed by atoms with E-state index in [1.54, 1.807) is 32.1 Å². The molecule has 0 atom stereocenters. The molecule has 0 bridgehead atoms. The van der Waals surface area contributed by atoms with Crippen molar-refractivity contribution in [2.45, 2.75) is 32.8 Å². The summed E-state index contributed by atoms with van der Waals surface area (Å²) in [7, 11) is 0. The van der Waals surface area contributed by atoms with Crippen molar-refractivity contribution in [2.24, 2.45) is 0 Å². The average molecular weight is 440 g/mol. The first kappa shape index (κ1) is 20.5. The summed E-state index contributed by atoms with van der Waals surface area (Å²) in [6.07, 6.45) is 5.66. The quantitative estimate of drug-likeness (QED) is 0.652. The van der Waals surface area contributed by atoms with Gasteiger partial charge in [0.05, 0.1) is 28.7 Å². The fourth-order valence-corrected chi connectivity index (χ4v) is 3.59. The highest BCUT2D eigenvalue weighted by Crippen LogP contribution is 2.29. The number of carboxylic acid groups (broad SMARTS) is 1. The van der Waals surface area contributed by atoms with E-state index < -0.39 is 11.8 Å². The van der Waals surface area contributed by atoms with E-state index in [-0.39, 0.29) is 0 Å². The van der Waals surface area contributed by atoms with Gasteiger partial charge in [-0.3, -0.25) is 4.98 Å². The lowest BCUT2D eigenvalue weighted by Gasteiger charge is -2.15. The number of hydrogen-bond acceptors (Lipinski definition) is 6. The van der Waals surface area contributed by atoms with Crippen LogP contribution in [0, 0.1) is 0 Å². The van der Waals surface area contributed by atoms with E-state index in [0.29, 0.717) is 0 Å². The lowest BCUT2D eigenvalue weighted by atomic mass is 10.1. The maximum atomic E-state index is 9.79. The van der Waals surface area contributed by atoms with Crippen LogP contribution in [0.1, 0.15) is 32.9 Å². The maximum absolute atomic E-state index is 9.79. The molecule has 2 N–H and O–H groups in total. The average Bonchev–Trinajstić information content (AvgIpc) is 3.01. The van der Waals surface area contributed by atoms with Crippen molar-refractivity contribution in [2.75, 3.05) is 13.1 Å². The van der Waals surface area contributed by atoms with Crippen LogP contribution in [-0.4, -0.2) is 39.9 Å². The van der Waals surface area contributed by atoms with Gasteiger partial charge in [0.25, 0.3) is 0 Å². The minimum Gasteiger partial charge on any atom is -0.450 e. The van der Waals surface area contributed by atoms with E-state index in [4.69, 9.17) is 10.1 Å². The molecule has 3 heterocycles. The second kappa shape index (κ2) is 9.25. The smallest absolute Gasteiger partial charge is 0.450 e. The Hall–Kier alpha value is -1.77. The summed E-state index contributed by atoms with van der Waals surface area (Å²) in [6, 6.07) is 2.08. The van der Waals surface area contributed by atoms with Gasteiger partial charge in [0.2, 0.25) is 0 Å². The van der Waals surface area contributed by atoms with Crippen LogP contribution in [0.15, 0.2) is 34.4 Å². The van der Waals surface area contributed by atoms with Crippen LogP contribution in [-0.2, 0) is 4.74 Å². The van der Waals surface area contributed by atoms with Crippen molar-refractivity contribution < 1.29 is 14.6 Å². The second-order valence-corrected chi connectivity index (χ2v) is 8.41. The molecule has 8 heteroatoms. The van der Waals surface area contributed by atoms with Crippen molar-refractivity contribution in [3.8, 4) is 10.6 Å². The van der Waals surface area contributed by atoms with E-state index in [2.05, 4.69) is 48.5 Å². The van der Waals surface area contributed by atoms with Crippen LogP contribution >= 0.6 is 27.3 Å². The van der Waals surface area contributed by atoms with E-state index in [0.717, 1.165) is 40.2 Å². The van der Waals surface area contributed by atoms with Gasteiger partial charge < -0.3 is 15.2 Å². The summed E-state index contributed by atoms with van der Waals surface area (Å²) in [5, 5.41) is 13.4. The monoisotopic (exact) mass is 439 g/mol.